The van der Waals surface area contributed by atoms with Gasteiger partial charge >= 0.3 is 0 Å². The lowest BCUT2D eigenvalue weighted by atomic mass is 9.92. The van der Waals surface area contributed by atoms with Gasteiger partial charge in [-0.25, -0.2) is 9.97 Å². The number of benzene rings is 2. The first-order valence-corrected chi connectivity index (χ1v) is 13.0. The van der Waals surface area contributed by atoms with E-state index in [2.05, 4.69) is 27.2 Å². The summed E-state index contributed by atoms with van der Waals surface area (Å²) < 4.78 is 5.42. The summed E-state index contributed by atoms with van der Waals surface area (Å²) >= 11 is 6.45. The monoisotopic (exact) mass is 531 g/mol. The van der Waals surface area contributed by atoms with Crippen LogP contribution in [-0.2, 0) is 21.6 Å². The number of halogens is 1. The largest absolute Gasteiger partial charge is 0.381 e. The van der Waals surface area contributed by atoms with E-state index in [9.17, 15) is 9.59 Å². The number of hydrogen-bond donors (Lipinski definition) is 2. The highest BCUT2D eigenvalue weighted by Gasteiger charge is 2.32. The Morgan fingerprint density at radius 3 is 2.74 bits per heavy atom. The summed E-state index contributed by atoms with van der Waals surface area (Å²) in [5.41, 5.74) is 2.82. The Hall–Kier alpha value is -3.75. The first-order valence-electron chi connectivity index (χ1n) is 12.7. The molecule has 196 valence electrons. The van der Waals surface area contributed by atoms with E-state index in [1.807, 2.05) is 49.4 Å². The normalized spacial score (nSPS) is 17.0. The number of hydrogen-bond acceptors (Lipinski definition) is 6. The van der Waals surface area contributed by atoms with E-state index >= 15 is 0 Å². The minimum atomic E-state index is -0.749. The first kappa shape index (κ1) is 25.9. The minimum absolute atomic E-state index is 0.0630. The lowest BCUT2D eigenvalue weighted by Gasteiger charge is -2.29. The van der Waals surface area contributed by atoms with Crippen molar-refractivity contribution in [1.29, 1.82) is 0 Å². The van der Waals surface area contributed by atoms with Crippen LogP contribution in [0.5, 0.6) is 0 Å². The lowest BCUT2D eigenvalue weighted by molar-refractivity contribution is -0.123. The molecule has 1 aromatic heterocycles. The van der Waals surface area contributed by atoms with Crippen LogP contribution in [0.15, 0.2) is 67.4 Å². The molecular weight excluding hydrogens is 502 g/mol. The highest BCUT2D eigenvalue weighted by molar-refractivity contribution is 6.33. The van der Waals surface area contributed by atoms with Gasteiger partial charge in [-0.15, -0.1) is 6.58 Å². The number of aromatic nitrogens is 2. The number of nitrogens with one attached hydrogen (secondary N) is 2. The lowest BCUT2D eigenvalue weighted by Crippen LogP contribution is -2.46. The van der Waals surface area contributed by atoms with Gasteiger partial charge in [0.05, 0.1) is 22.5 Å². The zero-order chi connectivity index (χ0) is 26.7. The fraction of sp³-hybridized carbons (Fsp3) is 0.310. The van der Waals surface area contributed by atoms with Crippen molar-refractivity contribution in [2.75, 3.05) is 25.1 Å². The van der Waals surface area contributed by atoms with Crippen LogP contribution in [0.3, 0.4) is 0 Å². The number of rotatable bonds is 8. The Morgan fingerprint density at radius 1 is 1.24 bits per heavy atom. The molecule has 1 unspecified atom stereocenters. The van der Waals surface area contributed by atoms with Gasteiger partial charge in [0.25, 0.3) is 5.91 Å². The summed E-state index contributed by atoms with van der Waals surface area (Å²) in [4.78, 5) is 36.8. The summed E-state index contributed by atoms with van der Waals surface area (Å²) in [7, 11) is 0. The van der Waals surface area contributed by atoms with Crippen molar-refractivity contribution in [3.63, 3.8) is 0 Å². The van der Waals surface area contributed by atoms with Crippen LogP contribution >= 0.6 is 11.6 Å². The van der Waals surface area contributed by atoms with E-state index in [4.69, 9.17) is 16.3 Å². The second-order valence-electron chi connectivity index (χ2n) is 9.77. The van der Waals surface area contributed by atoms with Gasteiger partial charge < -0.3 is 20.3 Å². The molecule has 2 aromatic carbocycles. The van der Waals surface area contributed by atoms with Crippen molar-refractivity contribution < 1.29 is 14.3 Å². The molecule has 9 heteroatoms. The predicted octanol–water partition coefficient (Wildman–Crippen LogP) is 4.56. The van der Waals surface area contributed by atoms with E-state index in [1.165, 1.54) is 4.90 Å². The minimum Gasteiger partial charge on any atom is -0.381 e. The third kappa shape index (κ3) is 5.42. The summed E-state index contributed by atoms with van der Waals surface area (Å²) in [6.07, 6.45) is 5.04. The van der Waals surface area contributed by atoms with Gasteiger partial charge in [-0.05, 0) is 37.0 Å². The van der Waals surface area contributed by atoms with Crippen LogP contribution in [-0.4, -0.2) is 52.5 Å². The second kappa shape index (κ2) is 10.9. The van der Waals surface area contributed by atoms with E-state index in [1.54, 1.807) is 18.3 Å². The molecule has 2 aliphatic rings. The molecule has 38 heavy (non-hydrogen) atoms. The molecule has 0 saturated carbocycles. The molecule has 3 aromatic rings. The number of carbonyl (C=O) groups excluding carboxylic acids is 2. The molecule has 0 bridgehead atoms. The van der Waals surface area contributed by atoms with Gasteiger partial charge in [0.2, 0.25) is 11.9 Å². The maximum Gasteiger partial charge on any atom is 0.254 e. The molecule has 1 fully saturated rings. The van der Waals surface area contributed by atoms with Crippen molar-refractivity contribution in [2.24, 2.45) is 0 Å². The average molecular weight is 532 g/mol. The van der Waals surface area contributed by atoms with Crippen LogP contribution < -0.4 is 10.6 Å². The number of nitrogens with zero attached hydrogens (tertiary/aromatic N) is 3. The van der Waals surface area contributed by atoms with Crippen LogP contribution in [0.25, 0.3) is 11.3 Å². The quantitative estimate of drug-likeness (QED) is 0.414. The Labute approximate surface area is 227 Å². The number of anilines is 1. The number of carbonyl (C=O) groups is 2. The molecule has 0 radical (unpaired) electrons. The highest BCUT2D eigenvalue weighted by Crippen LogP contribution is 2.32. The van der Waals surface area contributed by atoms with Gasteiger partial charge in [0.15, 0.2) is 0 Å². The van der Waals surface area contributed by atoms with E-state index < -0.39 is 5.54 Å². The topological polar surface area (TPSA) is 96.5 Å². The Morgan fingerprint density at radius 2 is 2.00 bits per heavy atom. The van der Waals surface area contributed by atoms with Crippen LogP contribution in [0.2, 0.25) is 5.02 Å². The average Bonchev–Trinajstić information content (AvgIpc) is 3.24. The van der Waals surface area contributed by atoms with Crippen molar-refractivity contribution in [3.8, 4) is 11.3 Å². The van der Waals surface area contributed by atoms with Crippen molar-refractivity contribution in [2.45, 2.75) is 37.9 Å². The number of fused-ring (bicyclic) bond motifs is 1. The summed E-state index contributed by atoms with van der Waals surface area (Å²) in [5.74, 6) is 0.0214. The van der Waals surface area contributed by atoms with Gasteiger partial charge in [-0.1, -0.05) is 60.1 Å². The molecule has 3 heterocycles. The zero-order valence-electron chi connectivity index (χ0n) is 21.2. The summed E-state index contributed by atoms with van der Waals surface area (Å²) in [5, 5.41) is 6.77. The third-order valence-corrected chi connectivity index (χ3v) is 7.35. The highest BCUT2D eigenvalue weighted by atomic mass is 35.5. The molecule has 1 saturated heterocycles. The van der Waals surface area contributed by atoms with Crippen molar-refractivity contribution in [3.05, 3.63) is 89.1 Å². The van der Waals surface area contributed by atoms with E-state index in [0.29, 0.717) is 47.6 Å². The second-order valence-corrected chi connectivity index (χ2v) is 10.2. The van der Waals surface area contributed by atoms with E-state index in [-0.39, 0.29) is 24.4 Å². The van der Waals surface area contributed by atoms with Gasteiger partial charge in [0.1, 0.15) is 6.54 Å². The van der Waals surface area contributed by atoms with Crippen LogP contribution in [0, 0.1) is 0 Å². The van der Waals surface area contributed by atoms with Gasteiger partial charge in [-0.3, -0.25) is 9.59 Å². The maximum atomic E-state index is 13.3. The molecule has 1 atom stereocenters. The zero-order valence-corrected chi connectivity index (χ0v) is 22.0. The van der Waals surface area contributed by atoms with Crippen LogP contribution in [0.4, 0.5) is 5.95 Å². The summed E-state index contributed by atoms with van der Waals surface area (Å²) in [6.45, 7) is 7.49. The van der Waals surface area contributed by atoms with E-state index in [0.717, 1.165) is 24.0 Å². The molecule has 8 nitrogen and oxygen atoms in total. The smallest absolute Gasteiger partial charge is 0.254 e. The van der Waals surface area contributed by atoms with Crippen molar-refractivity contribution >= 4 is 29.4 Å². The number of ether oxygens (including phenoxy) is 1. The maximum absolute atomic E-state index is 13.3. The summed E-state index contributed by atoms with van der Waals surface area (Å²) in [6, 6.07) is 15.4. The molecule has 2 amide bonds. The molecule has 2 aliphatic heterocycles. The van der Waals surface area contributed by atoms with Crippen molar-refractivity contribution in [1.82, 2.24) is 20.2 Å². The first-order chi connectivity index (χ1) is 18.4. The standard InChI is InChI=1S/C29H30ClN5O3/c1-3-29(2,21-7-5-4-6-8-21)34-25(36)18-35-17-20-10-9-19(15-23(20)27(35)37)26-24(30)16-31-28(33-26)32-22-11-13-38-14-12-22/h3-10,15-16,22H,1,11-14,17-18H2,2H3,(H,34,36)(H,31,32,33). The third-order valence-electron chi connectivity index (χ3n) is 7.08. The Bertz CT molecular complexity index is 1360. The SMILES string of the molecule is C=CC(C)(NC(=O)CN1Cc2ccc(-c3nc(NC4CCOCC4)ncc3Cl)cc2C1=O)c1ccccc1. The fourth-order valence-electron chi connectivity index (χ4n) is 4.83. The van der Waals surface area contributed by atoms with Gasteiger partial charge in [0, 0.05) is 36.9 Å². The number of amides is 2. The molecule has 5 rings (SSSR count). The van der Waals surface area contributed by atoms with Crippen LogP contribution in [0.1, 0.15) is 41.3 Å². The van der Waals surface area contributed by atoms with Gasteiger partial charge in [-0.2, -0.15) is 0 Å². The Balaban J connectivity index is 1.30. The Kier molecular flexibility index (Phi) is 7.44. The fourth-order valence-corrected chi connectivity index (χ4v) is 5.03. The molecule has 0 spiro atoms. The molecular formula is C29H30ClN5O3. The predicted molar refractivity (Wildman–Crippen MR) is 147 cm³/mol. The molecule has 0 aliphatic carbocycles. The molecule has 2 N–H and O–H groups in total.